The van der Waals surface area contributed by atoms with Gasteiger partial charge in [-0.1, -0.05) is 18.2 Å². The third-order valence-electron chi connectivity index (χ3n) is 4.79. The van der Waals surface area contributed by atoms with E-state index in [1.165, 1.54) is 5.56 Å². The molecule has 1 saturated heterocycles. The molecule has 5 heteroatoms. The molecule has 1 fully saturated rings. The summed E-state index contributed by atoms with van der Waals surface area (Å²) in [7, 11) is 3.41. The minimum absolute atomic E-state index is 0.707. The van der Waals surface area contributed by atoms with Crippen LogP contribution in [0.3, 0.4) is 0 Å². The molecule has 0 N–H and O–H groups in total. The molecule has 0 radical (unpaired) electrons. The van der Waals surface area contributed by atoms with Crippen molar-refractivity contribution < 1.29 is 14.2 Å². The fourth-order valence-corrected chi connectivity index (χ4v) is 3.21. The van der Waals surface area contributed by atoms with Gasteiger partial charge in [0, 0.05) is 44.8 Å². The Kier molecular flexibility index (Phi) is 6.75. The van der Waals surface area contributed by atoms with Crippen molar-refractivity contribution in [3.05, 3.63) is 54.1 Å². The van der Waals surface area contributed by atoms with Gasteiger partial charge in [-0.2, -0.15) is 0 Å². The van der Waals surface area contributed by atoms with E-state index in [1.807, 2.05) is 36.4 Å². The van der Waals surface area contributed by atoms with E-state index in [-0.39, 0.29) is 0 Å². The number of hydrogen-bond donors (Lipinski definition) is 0. The Labute approximate surface area is 156 Å². The molecule has 0 aliphatic carbocycles. The zero-order valence-corrected chi connectivity index (χ0v) is 15.7. The number of piperazine rings is 1. The molecule has 0 amide bonds. The van der Waals surface area contributed by atoms with E-state index in [0.717, 1.165) is 56.5 Å². The molecular weight excluding hydrogens is 328 g/mol. The Morgan fingerprint density at radius 1 is 0.769 bits per heavy atom. The van der Waals surface area contributed by atoms with Gasteiger partial charge in [0.05, 0.1) is 14.2 Å². The molecule has 1 aliphatic heterocycles. The van der Waals surface area contributed by atoms with Crippen LogP contribution in [0.25, 0.3) is 0 Å². The predicted molar refractivity (Wildman–Crippen MR) is 103 cm³/mol. The van der Waals surface area contributed by atoms with E-state index in [1.54, 1.807) is 14.2 Å². The maximum atomic E-state index is 5.83. The molecule has 0 aromatic heterocycles. The lowest BCUT2D eigenvalue weighted by Gasteiger charge is -2.34. The predicted octanol–water partition coefficient (Wildman–Crippen LogP) is 2.90. The van der Waals surface area contributed by atoms with Crippen molar-refractivity contribution in [2.45, 2.75) is 6.54 Å². The van der Waals surface area contributed by atoms with Crippen molar-refractivity contribution >= 4 is 0 Å². The zero-order valence-electron chi connectivity index (χ0n) is 15.7. The van der Waals surface area contributed by atoms with Crippen LogP contribution in [0.5, 0.6) is 17.2 Å². The van der Waals surface area contributed by atoms with Gasteiger partial charge in [-0.15, -0.1) is 0 Å². The van der Waals surface area contributed by atoms with E-state index in [4.69, 9.17) is 14.2 Å². The molecule has 1 aliphatic rings. The summed E-state index contributed by atoms with van der Waals surface area (Å²) in [6.07, 6.45) is 0. The monoisotopic (exact) mass is 356 g/mol. The minimum atomic E-state index is 0.707. The number of para-hydroxylation sites is 1. The summed E-state index contributed by atoms with van der Waals surface area (Å²) in [5, 5.41) is 0. The molecule has 26 heavy (non-hydrogen) atoms. The topological polar surface area (TPSA) is 34.2 Å². The summed E-state index contributed by atoms with van der Waals surface area (Å²) >= 11 is 0. The summed E-state index contributed by atoms with van der Waals surface area (Å²) in [4.78, 5) is 4.95. The van der Waals surface area contributed by atoms with Crippen LogP contribution in [0.1, 0.15) is 5.56 Å². The summed E-state index contributed by atoms with van der Waals surface area (Å²) in [5.74, 6) is 2.71. The molecule has 0 bridgehead atoms. The fraction of sp³-hybridized carbons (Fsp3) is 0.429. The second kappa shape index (κ2) is 9.46. The maximum absolute atomic E-state index is 5.83. The van der Waals surface area contributed by atoms with Crippen LogP contribution in [0.2, 0.25) is 0 Å². The smallest absolute Gasteiger partial charge is 0.123 e. The van der Waals surface area contributed by atoms with Crippen molar-refractivity contribution in [2.24, 2.45) is 0 Å². The van der Waals surface area contributed by atoms with Gasteiger partial charge in [0.25, 0.3) is 0 Å². The number of methoxy groups -OCH3 is 2. The summed E-state index contributed by atoms with van der Waals surface area (Å²) in [6, 6.07) is 16.0. The average molecular weight is 356 g/mol. The highest BCUT2D eigenvalue weighted by Crippen LogP contribution is 2.20. The molecule has 0 spiro atoms. The van der Waals surface area contributed by atoms with Gasteiger partial charge < -0.3 is 14.2 Å². The Balaban J connectivity index is 1.38. The minimum Gasteiger partial charge on any atom is -0.497 e. The van der Waals surface area contributed by atoms with E-state index in [9.17, 15) is 0 Å². The van der Waals surface area contributed by atoms with Crippen LogP contribution in [0.15, 0.2) is 48.5 Å². The first-order valence-corrected chi connectivity index (χ1v) is 9.12. The van der Waals surface area contributed by atoms with Gasteiger partial charge in [-0.25, -0.2) is 0 Å². The van der Waals surface area contributed by atoms with Crippen LogP contribution in [0, 0.1) is 0 Å². The highest BCUT2D eigenvalue weighted by atomic mass is 16.5. The van der Waals surface area contributed by atoms with Crippen molar-refractivity contribution in [1.82, 2.24) is 9.80 Å². The molecule has 0 unspecified atom stereocenters. The van der Waals surface area contributed by atoms with Crippen molar-refractivity contribution in [3.8, 4) is 17.2 Å². The van der Waals surface area contributed by atoms with E-state index in [2.05, 4.69) is 21.9 Å². The molecule has 0 saturated carbocycles. The normalized spacial score (nSPS) is 15.6. The fourth-order valence-electron chi connectivity index (χ4n) is 3.21. The van der Waals surface area contributed by atoms with Gasteiger partial charge in [0.2, 0.25) is 0 Å². The lowest BCUT2D eigenvalue weighted by atomic mass is 10.1. The maximum Gasteiger partial charge on any atom is 0.123 e. The largest absolute Gasteiger partial charge is 0.497 e. The average Bonchev–Trinajstić information content (AvgIpc) is 2.70. The standard InChI is InChI=1S/C21H28N2O3/c1-24-19-7-9-20(10-8-19)26-16-15-22-11-13-23(14-12-22)17-18-5-3-4-6-21(18)25-2/h3-10H,11-17H2,1-2H3. The molecule has 5 nitrogen and oxygen atoms in total. The first kappa shape index (κ1) is 18.5. The third-order valence-corrected chi connectivity index (χ3v) is 4.79. The van der Waals surface area contributed by atoms with Crippen molar-refractivity contribution in [3.63, 3.8) is 0 Å². The Bertz CT molecular complexity index is 667. The van der Waals surface area contributed by atoms with E-state index < -0.39 is 0 Å². The van der Waals surface area contributed by atoms with Crippen molar-refractivity contribution in [2.75, 3.05) is 53.6 Å². The highest BCUT2D eigenvalue weighted by Gasteiger charge is 2.17. The zero-order chi connectivity index (χ0) is 18.2. The molecule has 0 atom stereocenters. The van der Waals surface area contributed by atoms with Crippen LogP contribution < -0.4 is 14.2 Å². The SMILES string of the molecule is COc1ccc(OCCN2CCN(Cc3ccccc3OC)CC2)cc1. The molecule has 2 aromatic rings. The lowest BCUT2D eigenvalue weighted by molar-refractivity contribution is 0.112. The highest BCUT2D eigenvalue weighted by molar-refractivity contribution is 5.33. The first-order valence-electron chi connectivity index (χ1n) is 9.12. The van der Waals surface area contributed by atoms with Gasteiger partial charge in [-0.05, 0) is 30.3 Å². The van der Waals surface area contributed by atoms with Gasteiger partial charge in [0.1, 0.15) is 23.9 Å². The molecule has 1 heterocycles. The van der Waals surface area contributed by atoms with E-state index in [0.29, 0.717) is 6.61 Å². The number of rotatable bonds is 8. The Morgan fingerprint density at radius 2 is 1.42 bits per heavy atom. The lowest BCUT2D eigenvalue weighted by Crippen LogP contribution is -2.47. The first-order chi connectivity index (χ1) is 12.8. The summed E-state index contributed by atoms with van der Waals surface area (Å²) in [5.41, 5.74) is 1.26. The van der Waals surface area contributed by atoms with Crippen LogP contribution in [-0.4, -0.2) is 63.4 Å². The number of nitrogens with zero attached hydrogens (tertiary/aromatic N) is 2. The number of ether oxygens (including phenoxy) is 3. The second-order valence-corrected chi connectivity index (χ2v) is 6.45. The van der Waals surface area contributed by atoms with Crippen LogP contribution in [0.4, 0.5) is 0 Å². The van der Waals surface area contributed by atoms with Crippen molar-refractivity contribution in [1.29, 1.82) is 0 Å². The molecule has 3 rings (SSSR count). The molecular formula is C21H28N2O3. The summed E-state index contributed by atoms with van der Waals surface area (Å²) < 4.78 is 16.4. The Hall–Kier alpha value is -2.24. The quantitative estimate of drug-likeness (QED) is 0.727. The number of hydrogen-bond acceptors (Lipinski definition) is 5. The van der Waals surface area contributed by atoms with E-state index >= 15 is 0 Å². The van der Waals surface area contributed by atoms with Crippen LogP contribution in [-0.2, 0) is 6.54 Å². The summed E-state index contributed by atoms with van der Waals surface area (Å²) in [6.45, 7) is 6.89. The second-order valence-electron chi connectivity index (χ2n) is 6.45. The third kappa shape index (κ3) is 5.13. The van der Waals surface area contributed by atoms with Gasteiger partial charge in [-0.3, -0.25) is 9.80 Å². The Morgan fingerprint density at radius 3 is 2.12 bits per heavy atom. The number of benzene rings is 2. The molecule has 2 aromatic carbocycles. The van der Waals surface area contributed by atoms with Gasteiger partial charge in [0.15, 0.2) is 0 Å². The van der Waals surface area contributed by atoms with Gasteiger partial charge >= 0.3 is 0 Å². The van der Waals surface area contributed by atoms with Crippen LogP contribution >= 0.6 is 0 Å². The molecule has 140 valence electrons.